The van der Waals surface area contributed by atoms with Crippen LogP contribution in [0, 0.1) is 11.8 Å². The van der Waals surface area contributed by atoms with Crippen LogP contribution in [-0.4, -0.2) is 33.4 Å². The topological polar surface area (TPSA) is 79.4 Å². The minimum absolute atomic E-state index is 0.183. The lowest BCUT2D eigenvalue weighted by atomic mass is 9.94. The number of carbonyl (C=O) groups excluding carboxylic acids is 1. The molecule has 41 heavy (non-hydrogen) atoms. The lowest BCUT2D eigenvalue weighted by Crippen LogP contribution is -2.46. The highest BCUT2D eigenvalue weighted by molar-refractivity contribution is 6.00. The van der Waals surface area contributed by atoms with Gasteiger partial charge in [0.1, 0.15) is 11.4 Å². The minimum atomic E-state index is -0.544. The number of fused-ring (bicyclic) bond motifs is 2. The summed E-state index contributed by atoms with van der Waals surface area (Å²) in [7, 11) is 0. The van der Waals surface area contributed by atoms with Crippen LogP contribution in [0.4, 0.5) is 10.5 Å². The van der Waals surface area contributed by atoms with Crippen LogP contribution in [0.1, 0.15) is 72.7 Å². The van der Waals surface area contributed by atoms with Crippen LogP contribution in [0.15, 0.2) is 65.7 Å². The maximum absolute atomic E-state index is 12.5. The van der Waals surface area contributed by atoms with E-state index in [4.69, 9.17) is 14.7 Å². The lowest BCUT2D eigenvalue weighted by molar-refractivity contribution is 0.0508. The fourth-order valence-electron chi connectivity index (χ4n) is 5.25. The second kappa shape index (κ2) is 11.2. The van der Waals surface area contributed by atoms with Gasteiger partial charge in [0.15, 0.2) is 0 Å². The maximum atomic E-state index is 12.5. The number of ether oxygens (including phenoxy) is 1. The Bertz CT molecular complexity index is 1590. The van der Waals surface area contributed by atoms with E-state index in [9.17, 15) is 4.79 Å². The molecule has 2 N–H and O–H groups in total. The number of imidazole rings is 1. The van der Waals surface area contributed by atoms with E-state index in [0.717, 1.165) is 39.4 Å². The Balaban J connectivity index is 1.31. The molecule has 0 spiro atoms. The quantitative estimate of drug-likeness (QED) is 0.241. The van der Waals surface area contributed by atoms with E-state index >= 15 is 0 Å². The smallest absolute Gasteiger partial charge is 0.408 e. The zero-order valence-corrected chi connectivity index (χ0v) is 25.5. The van der Waals surface area contributed by atoms with Crippen molar-refractivity contribution < 1.29 is 9.53 Å². The van der Waals surface area contributed by atoms with Gasteiger partial charge in [0.2, 0.25) is 0 Å². The molecule has 2 atom stereocenters. The van der Waals surface area contributed by atoms with Crippen molar-refractivity contribution >= 4 is 28.5 Å². The Morgan fingerprint density at radius 2 is 1.46 bits per heavy atom. The number of aromatic amines is 1. The first-order valence-corrected chi connectivity index (χ1v) is 14.7. The number of aliphatic imine (C=N–C) groups is 1. The van der Waals surface area contributed by atoms with Crippen LogP contribution in [0.5, 0.6) is 0 Å². The van der Waals surface area contributed by atoms with E-state index in [1.165, 1.54) is 16.7 Å². The van der Waals surface area contributed by atoms with Crippen molar-refractivity contribution in [3.05, 3.63) is 72.1 Å². The molecule has 0 unspecified atom stereocenters. The molecule has 214 valence electrons. The third-order valence-corrected chi connectivity index (χ3v) is 7.90. The maximum Gasteiger partial charge on any atom is 0.408 e. The van der Waals surface area contributed by atoms with Gasteiger partial charge in [-0.15, -0.1) is 0 Å². The van der Waals surface area contributed by atoms with Gasteiger partial charge in [0.25, 0.3) is 0 Å². The molecule has 6 heteroatoms. The number of rotatable bonds is 7. The van der Waals surface area contributed by atoms with Gasteiger partial charge in [-0.05, 0) is 84.7 Å². The first-order valence-electron chi connectivity index (χ1n) is 14.7. The molecule has 0 bridgehead atoms. The molecule has 3 aromatic carbocycles. The van der Waals surface area contributed by atoms with Crippen molar-refractivity contribution in [2.24, 2.45) is 16.8 Å². The van der Waals surface area contributed by atoms with Crippen LogP contribution < -0.4 is 5.32 Å². The molecule has 4 aromatic rings. The van der Waals surface area contributed by atoms with Gasteiger partial charge in [-0.2, -0.15) is 0 Å². The number of nitrogens with one attached hydrogen (secondary N) is 2. The van der Waals surface area contributed by atoms with Crippen molar-refractivity contribution in [1.29, 1.82) is 0 Å². The summed E-state index contributed by atoms with van der Waals surface area (Å²) in [6.45, 7) is 16.5. The summed E-state index contributed by atoms with van der Waals surface area (Å²) in [5, 5.41) is 3.04. The monoisotopic (exact) mass is 550 g/mol. The molecular weight excluding hydrogens is 508 g/mol. The number of amides is 1. The normalized spacial score (nSPS) is 14.7. The van der Waals surface area contributed by atoms with Crippen LogP contribution in [0.25, 0.3) is 33.3 Å². The largest absolute Gasteiger partial charge is 0.444 e. The van der Waals surface area contributed by atoms with Crippen molar-refractivity contribution in [2.45, 2.75) is 79.4 Å². The van der Waals surface area contributed by atoms with E-state index < -0.39 is 11.7 Å². The van der Waals surface area contributed by atoms with Crippen LogP contribution in [-0.2, 0) is 11.2 Å². The number of H-pyrrole nitrogens is 1. The number of hydrogen-bond donors (Lipinski definition) is 2. The van der Waals surface area contributed by atoms with Crippen molar-refractivity contribution in [3.63, 3.8) is 0 Å². The average molecular weight is 551 g/mol. The van der Waals surface area contributed by atoms with Gasteiger partial charge in [-0.3, -0.25) is 4.99 Å². The van der Waals surface area contributed by atoms with E-state index in [1.807, 2.05) is 20.8 Å². The Kier molecular flexibility index (Phi) is 7.78. The third kappa shape index (κ3) is 6.37. The molecule has 0 aliphatic carbocycles. The minimum Gasteiger partial charge on any atom is -0.444 e. The Labute approximate surface area is 243 Å². The SMILES string of the molecule is CC(C)[C@H](NC(=O)OC(C)(C)C)C1=Nc2ccc(-c3ccc(-c4ccc5nc([C@@H](C)C(C)C)[nH]c5c4)cc3)cc2C1. The fraction of sp³-hybridized carbons (Fsp3) is 0.400. The standard InChI is InChI=1S/C35H42N4O2/c1-20(2)22(5)33-37-29-16-14-26(18-30(29)38-33)24-11-9-23(10-12-24)25-13-15-28-27(17-25)19-31(36-28)32(21(3)4)39-34(40)41-35(6,7)8/h9-18,20-22,32H,19H2,1-8H3,(H,37,38)(H,39,40)/t22-,32-/m0/s1. The molecule has 5 rings (SSSR count). The molecule has 1 aliphatic heterocycles. The van der Waals surface area contributed by atoms with Crippen LogP contribution in [0.3, 0.4) is 0 Å². The van der Waals surface area contributed by atoms with E-state index in [1.54, 1.807) is 0 Å². The molecule has 0 fully saturated rings. The first-order chi connectivity index (χ1) is 19.4. The second-order valence-corrected chi connectivity index (χ2v) is 13.0. The fourth-order valence-corrected chi connectivity index (χ4v) is 5.25. The zero-order valence-electron chi connectivity index (χ0n) is 25.5. The van der Waals surface area contributed by atoms with Gasteiger partial charge in [-0.25, -0.2) is 9.78 Å². The lowest BCUT2D eigenvalue weighted by Gasteiger charge is -2.26. The summed E-state index contributed by atoms with van der Waals surface area (Å²) in [6, 6.07) is 21.4. The summed E-state index contributed by atoms with van der Waals surface area (Å²) in [6.07, 6.45) is 0.300. The van der Waals surface area contributed by atoms with Crippen LogP contribution in [0.2, 0.25) is 0 Å². The highest BCUT2D eigenvalue weighted by Gasteiger charge is 2.28. The molecule has 0 saturated carbocycles. The van der Waals surface area contributed by atoms with Gasteiger partial charge >= 0.3 is 6.09 Å². The predicted molar refractivity (Wildman–Crippen MR) is 169 cm³/mol. The van der Waals surface area contributed by atoms with E-state index in [2.05, 4.69) is 106 Å². The van der Waals surface area contributed by atoms with Crippen molar-refractivity contribution in [1.82, 2.24) is 15.3 Å². The summed E-state index contributed by atoms with van der Waals surface area (Å²) in [5.41, 5.74) is 9.30. The van der Waals surface area contributed by atoms with Crippen LogP contribution >= 0.6 is 0 Å². The van der Waals surface area contributed by atoms with Gasteiger partial charge in [0, 0.05) is 18.1 Å². The van der Waals surface area contributed by atoms with Gasteiger partial charge < -0.3 is 15.0 Å². The molecule has 1 aliphatic rings. The highest BCUT2D eigenvalue weighted by Crippen LogP contribution is 2.34. The third-order valence-electron chi connectivity index (χ3n) is 7.90. The van der Waals surface area contributed by atoms with E-state index in [-0.39, 0.29) is 12.0 Å². The first kappa shape index (κ1) is 28.6. The summed E-state index contributed by atoms with van der Waals surface area (Å²) < 4.78 is 5.50. The number of alkyl carbamates (subject to hydrolysis) is 1. The zero-order chi connectivity index (χ0) is 29.5. The van der Waals surface area contributed by atoms with Gasteiger partial charge in [-0.1, -0.05) is 71.0 Å². The summed E-state index contributed by atoms with van der Waals surface area (Å²) in [5.74, 6) is 2.15. The molecule has 6 nitrogen and oxygen atoms in total. The number of hydrogen-bond acceptors (Lipinski definition) is 4. The van der Waals surface area contributed by atoms with Crippen molar-refractivity contribution in [3.8, 4) is 22.3 Å². The Morgan fingerprint density at radius 3 is 2.07 bits per heavy atom. The van der Waals surface area contributed by atoms with Crippen molar-refractivity contribution in [2.75, 3.05) is 0 Å². The molecule has 0 saturated heterocycles. The number of benzene rings is 3. The molecular formula is C35H42N4O2. The van der Waals surface area contributed by atoms with Gasteiger partial charge in [0.05, 0.1) is 22.8 Å². The van der Waals surface area contributed by atoms with E-state index in [0.29, 0.717) is 18.3 Å². The molecule has 2 heterocycles. The highest BCUT2D eigenvalue weighted by atomic mass is 16.6. The average Bonchev–Trinajstić information content (AvgIpc) is 3.53. The second-order valence-electron chi connectivity index (χ2n) is 13.0. The summed E-state index contributed by atoms with van der Waals surface area (Å²) >= 11 is 0. The number of aromatic nitrogens is 2. The number of carbonyl (C=O) groups is 1. The Hall–Kier alpha value is -3.93. The molecule has 1 amide bonds. The molecule has 0 radical (unpaired) electrons. The number of nitrogens with zero attached hydrogens (tertiary/aromatic N) is 2. The summed E-state index contributed by atoms with van der Waals surface area (Å²) in [4.78, 5) is 25.7. The predicted octanol–water partition coefficient (Wildman–Crippen LogP) is 8.83. The molecule has 1 aromatic heterocycles. The Morgan fingerprint density at radius 1 is 0.854 bits per heavy atom.